The van der Waals surface area contributed by atoms with Crippen LogP contribution in [0.1, 0.15) is 28.3 Å². The number of hydrogen-bond donors (Lipinski definition) is 3. The minimum atomic E-state index is 0.754. The van der Waals surface area contributed by atoms with Crippen LogP contribution in [0.15, 0.2) is 127 Å². The maximum Gasteiger partial charge on any atom is 0.142 e. The van der Waals surface area contributed by atoms with Crippen molar-refractivity contribution >= 4 is 52.1 Å². The molecule has 0 saturated carbocycles. The highest BCUT2D eigenvalue weighted by molar-refractivity contribution is 6.00. The largest absolute Gasteiger partial charge is 0.495 e. The highest BCUT2D eigenvalue weighted by Crippen LogP contribution is 2.39. The SMILES string of the molecule is CNc1ccc(-c2c3nc(c(-c4ccc(C)cc4)c4ccc([nH]4)c(-c4ccccc4)c4nc(c(-c5ccccc5)c5ccc2[nH]5)C=C4)C=C3)cc1OC. The van der Waals surface area contributed by atoms with E-state index in [1.807, 2.05) is 19.2 Å². The van der Waals surface area contributed by atoms with Crippen molar-refractivity contribution < 1.29 is 4.74 Å². The van der Waals surface area contributed by atoms with E-state index in [1.165, 1.54) is 5.56 Å². The third kappa shape index (κ3) is 5.80. The van der Waals surface area contributed by atoms with E-state index in [4.69, 9.17) is 14.7 Å². The number of methoxy groups -OCH3 is 1. The van der Waals surface area contributed by atoms with E-state index in [-0.39, 0.29) is 0 Å². The van der Waals surface area contributed by atoms with E-state index >= 15 is 0 Å². The van der Waals surface area contributed by atoms with Gasteiger partial charge in [-0.15, -0.1) is 0 Å². The first-order chi connectivity index (χ1) is 26.1. The molecule has 2 aliphatic heterocycles. The zero-order valence-corrected chi connectivity index (χ0v) is 29.7. The summed E-state index contributed by atoms with van der Waals surface area (Å²) in [6.45, 7) is 2.11. The van der Waals surface area contributed by atoms with Crippen LogP contribution in [-0.4, -0.2) is 34.1 Å². The minimum Gasteiger partial charge on any atom is -0.495 e. The topological polar surface area (TPSA) is 78.6 Å². The van der Waals surface area contributed by atoms with Gasteiger partial charge in [-0.3, -0.25) is 0 Å². The summed E-state index contributed by atoms with van der Waals surface area (Å²) in [5.41, 5.74) is 17.7. The normalized spacial score (nSPS) is 11.9. The third-order valence-electron chi connectivity index (χ3n) is 9.98. The molecule has 0 saturated heterocycles. The van der Waals surface area contributed by atoms with E-state index in [9.17, 15) is 0 Å². The van der Waals surface area contributed by atoms with Crippen molar-refractivity contribution in [3.8, 4) is 50.3 Å². The molecule has 53 heavy (non-hydrogen) atoms. The average molecular weight is 688 g/mol. The molecule has 0 spiro atoms. The van der Waals surface area contributed by atoms with E-state index in [0.29, 0.717) is 0 Å². The first-order valence-corrected chi connectivity index (χ1v) is 17.8. The number of rotatable bonds is 6. The summed E-state index contributed by atoms with van der Waals surface area (Å²) in [5, 5.41) is 3.25. The quantitative estimate of drug-likeness (QED) is 0.163. The van der Waals surface area contributed by atoms with Crippen LogP contribution in [0.4, 0.5) is 5.69 Å². The van der Waals surface area contributed by atoms with E-state index < -0.39 is 0 Å². The summed E-state index contributed by atoms with van der Waals surface area (Å²) in [6, 6.07) is 44.5. The number of anilines is 1. The van der Waals surface area contributed by atoms with Crippen molar-refractivity contribution in [3.05, 3.63) is 156 Å². The molecule has 2 aliphatic rings. The summed E-state index contributed by atoms with van der Waals surface area (Å²) < 4.78 is 5.84. The molecule has 0 amide bonds. The third-order valence-corrected chi connectivity index (χ3v) is 9.98. The molecule has 0 unspecified atom stereocenters. The second-order valence-electron chi connectivity index (χ2n) is 13.3. The molecular formula is C47H37N5O. The molecule has 0 radical (unpaired) electrons. The van der Waals surface area contributed by atoms with Crippen LogP contribution in [0.3, 0.4) is 0 Å². The highest BCUT2D eigenvalue weighted by atomic mass is 16.5. The molecule has 9 rings (SSSR count). The molecule has 0 fully saturated rings. The number of fused-ring (bicyclic) bond motifs is 8. The van der Waals surface area contributed by atoms with Crippen LogP contribution < -0.4 is 10.1 Å². The average Bonchev–Trinajstić information content (AvgIpc) is 4.04. The number of benzene rings is 4. The van der Waals surface area contributed by atoms with E-state index in [0.717, 1.165) is 101 Å². The van der Waals surface area contributed by atoms with E-state index in [1.54, 1.807) is 7.11 Å². The van der Waals surface area contributed by atoms with Crippen molar-refractivity contribution in [2.45, 2.75) is 6.92 Å². The number of nitrogens with one attached hydrogen (secondary N) is 3. The monoisotopic (exact) mass is 687 g/mol. The zero-order chi connectivity index (χ0) is 35.9. The Morgan fingerprint density at radius 1 is 0.472 bits per heavy atom. The zero-order valence-electron chi connectivity index (χ0n) is 29.7. The lowest BCUT2D eigenvalue weighted by atomic mass is 10.0. The molecule has 0 atom stereocenters. The summed E-state index contributed by atoms with van der Waals surface area (Å²) >= 11 is 0. The smallest absolute Gasteiger partial charge is 0.142 e. The second-order valence-corrected chi connectivity index (χ2v) is 13.3. The molecule has 0 aliphatic carbocycles. The fourth-order valence-electron chi connectivity index (χ4n) is 7.40. The van der Waals surface area contributed by atoms with Gasteiger partial charge in [0.1, 0.15) is 5.75 Å². The predicted molar refractivity (Wildman–Crippen MR) is 221 cm³/mol. The van der Waals surface area contributed by atoms with Gasteiger partial charge >= 0.3 is 0 Å². The molecule has 6 nitrogen and oxygen atoms in total. The lowest BCUT2D eigenvalue weighted by Gasteiger charge is -2.11. The lowest BCUT2D eigenvalue weighted by molar-refractivity contribution is 0.417. The molecule has 7 aromatic rings. The van der Waals surface area contributed by atoms with Gasteiger partial charge in [-0.25, -0.2) is 9.97 Å². The fraction of sp³-hybridized carbons (Fsp3) is 0.0638. The van der Waals surface area contributed by atoms with Crippen molar-refractivity contribution in [2.75, 3.05) is 19.5 Å². The number of aromatic amines is 2. The van der Waals surface area contributed by atoms with Gasteiger partial charge < -0.3 is 20.0 Å². The summed E-state index contributed by atoms with van der Waals surface area (Å²) in [6.07, 6.45) is 8.50. The minimum absolute atomic E-state index is 0.754. The number of hydrogen-bond acceptors (Lipinski definition) is 4. The van der Waals surface area contributed by atoms with Gasteiger partial charge in [0.2, 0.25) is 0 Å². The Kier molecular flexibility index (Phi) is 8.05. The van der Waals surface area contributed by atoms with Crippen molar-refractivity contribution in [2.24, 2.45) is 0 Å². The fourth-order valence-corrected chi connectivity index (χ4v) is 7.40. The Labute approximate surface area is 308 Å². The highest BCUT2D eigenvalue weighted by Gasteiger charge is 2.19. The summed E-state index contributed by atoms with van der Waals surface area (Å²) in [4.78, 5) is 18.4. The van der Waals surface area contributed by atoms with Gasteiger partial charge in [0, 0.05) is 51.4 Å². The van der Waals surface area contributed by atoms with Gasteiger partial charge in [0.05, 0.1) is 35.6 Å². The Balaban J connectivity index is 1.47. The van der Waals surface area contributed by atoms with Gasteiger partial charge in [-0.2, -0.15) is 0 Å². The number of H-pyrrole nitrogens is 2. The summed E-state index contributed by atoms with van der Waals surface area (Å²) in [7, 11) is 3.60. The van der Waals surface area contributed by atoms with Crippen LogP contribution in [0, 0.1) is 6.92 Å². The first-order valence-electron chi connectivity index (χ1n) is 17.8. The number of aromatic nitrogens is 4. The van der Waals surface area contributed by atoms with Gasteiger partial charge in [-0.05, 0) is 89.9 Å². The van der Waals surface area contributed by atoms with Gasteiger partial charge in [-0.1, -0.05) is 96.6 Å². The van der Waals surface area contributed by atoms with Gasteiger partial charge in [0.15, 0.2) is 0 Å². The maximum atomic E-state index is 5.84. The number of aryl methyl sites for hydroxylation is 1. The molecule has 3 aromatic heterocycles. The second kappa shape index (κ2) is 13.3. The van der Waals surface area contributed by atoms with Crippen LogP contribution in [0.25, 0.3) is 90.9 Å². The number of nitrogens with zero attached hydrogens (tertiary/aromatic N) is 2. The Bertz CT molecular complexity index is 2740. The summed E-state index contributed by atoms with van der Waals surface area (Å²) in [5.74, 6) is 0.754. The molecule has 256 valence electrons. The van der Waals surface area contributed by atoms with Crippen LogP contribution in [-0.2, 0) is 0 Å². The lowest BCUT2D eigenvalue weighted by Crippen LogP contribution is -1.95. The van der Waals surface area contributed by atoms with Crippen molar-refractivity contribution in [1.29, 1.82) is 0 Å². The number of ether oxygens (including phenoxy) is 1. The molecule has 3 N–H and O–H groups in total. The van der Waals surface area contributed by atoms with Crippen molar-refractivity contribution in [3.63, 3.8) is 0 Å². The Hall–Kier alpha value is -6.92. The predicted octanol–water partition coefficient (Wildman–Crippen LogP) is 11.7. The van der Waals surface area contributed by atoms with Crippen molar-refractivity contribution in [1.82, 2.24) is 19.9 Å². The van der Waals surface area contributed by atoms with Crippen LogP contribution >= 0.6 is 0 Å². The van der Waals surface area contributed by atoms with Crippen LogP contribution in [0.5, 0.6) is 5.75 Å². The molecule has 8 bridgehead atoms. The van der Waals surface area contributed by atoms with E-state index in [2.05, 4.69) is 162 Å². The maximum absolute atomic E-state index is 5.84. The Morgan fingerprint density at radius 2 is 0.868 bits per heavy atom. The molecule has 4 aromatic carbocycles. The molecular weight excluding hydrogens is 651 g/mol. The first kappa shape index (κ1) is 32.0. The molecule has 6 heteroatoms. The van der Waals surface area contributed by atoms with Crippen LogP contribution in [0.2, 0.25) is 0 Å². The van der Waals surface area contributed by atoms with Gasteiger partial charge in [0.25, 0.3) is 0 Å². The standard InChI is InChI=1S/C47H37N5O/c1-29-14-16-32(17-15-29)46-39-23-22-37(50-39)44(30-10-6-4-7-11-30)35-20-21-36(49-35)45(31-12-8-5-9-13-31)38-24-26-41(51-38)47(42-27-25-40(46)52-42)33-18-19-34(48-2)43(28-33)53-3/h4-28,48,50-51H,1-3H3. The Morgan fingerprint density at radius 3 is 1.28 bits per heavy atom. The molecule has 5 heterocycles.